The van der Waals surface area contributed by atoms with Crippen LogP contribution in [-0.2, 0) is 30.0 Å². The Morgan fingerprint density at radius 3 is 2.76 bits per heavy atom. The molecule has 3 aliphatic rings. The number of aromatic nitrogens is 2. The first-order chi connectivity index (χ1) is 17.0. The summed E-state index contributed by atoms with van der Waals surface area (Å²) in [7, 11) is -2.04. The average molecular weight is 588 g/mol. The number of fused-ring (bicyclic) bond motifs is 1. The predicted octanol–water partition coefficient (Wildman–Crippen LogP) is 6.01. The van der Waals surface area contributed by atoms with E-state index in [0.29, 0.717) is 18.9 Å². The molecule has 4 rings (SSSR count). The van der Waals surface area contributed by atoms with E-state index in [0.717, 1.165) is 19.3 Å². The van der Waals surface area contributed by atoms with E-state index in [2.05, 4.69) is 59.3 Å². The van der Waals surface area contributed by atoms with E-state index >= 15 is 0 Å². The second kappa shape index (κ2) is 10.5. The van der Waals surface area contributed by atoms with Gasteiger partial charge in [0, 0.05) is 17.4 Å². The molecule has 7 atom stereocenters. The van der Waals surface area contributed by atoms with Crippen LogP contribution in [-0.4, -0.2) is 47.5 Å². The van der Waals surface area contributed by atoms with E-state index in [9.17, 15) is 4.79 Å². The normalized spacial score (nSPS) is 36.5. The Kier molecular flexibility index (Phi) is 8.33. The molecule has 0 spiro atoms. The first-order valence-electron chi connectivity index (χ1n) is 13.0. The molecule has 12 heteroatoms. The van der Waals surface area contributed by atoms with Gasteiger partial charge in [0.05, 0.1) is 18.8 Å². The molecule has 1 aliphatic carbocycles. The van der Waals surface area contributed by atoms with Crippen molar-refractivity contribution in [2.45, 2.75) is 108 Å². The summed E-state index contributed by atoms with van der Waals surface area (Å²) in [6.45, 7) is 19.9. The van der Waals surface area contributed by atoms with E-state index in [1.54, 1.807) is 23.6 Å². The minimum absolute atomic E-state index is 0.0442. The third-order valence-electron chi connectivity index (χ3n) is 8.46. The van der Waals surface area contributed by atoms with E-state index in [4.69, 9.17) is 35.8 Å². The van der Waals surface area contributed by atoms with Crippen LogP contribution in [0.1, 0.15) is 66.5 Å². The zero-order valence-electron chi connectivity index (χ0n) is 23.1. The molecule has 3 fully saturated rings. The van der Waals surface area contributed by atoms with Gasteiger partial charge in [-0.05, 0) is 75.0 Å². The van der Waals surface area contributed by atoms with Crippen LogP contribution in [0.2, 0.25) is 18.1 Å². The fourth-order valence-electron chi connectivity index (χ4n) is 4.88. The van der Waals surface area contributed by atoms with Gasteiger partial charge in [-0.1, -0.05) is 44.3 Å². The molecule has 3 heterocycles. The highest BCUT2D eigenvalue weighted by Gasteiger charge is 2.55. The molecule has 0 radical (unpaired) electrons. The number of hydrogen-bond donors (Lipinski definition) is 1. The van der Waals surface area contributed by atoms with Gasteiger partial charge in [-0.15, -0.1) is 0 Å². The molecule has 0 amide bonds. The minimum atomic E-state index is -2.65. The molecule has 2 N–H and O–H groups in total. The fraction of sp³-hybridized carbons (Fsp3) is 0.760. The number of allylic oxidation sites excluding steroid dienone is 1. The van der Waals surface area contributed by atoms with Crippen molar-refractivity contribution in [2.24, 2.45) is 5.92 Å². The van der Waals surface area contributed by atoms with Crippen molar-refractivity contribution in [2.75, 3.05) is 12.3 Å². The maximum atomic E-state index is 12.6. The molecule has 2 saturated heterocycles. The Morgan fingerprint density at radius 2 is 2.14 bits per heavy atom. The number of nitrogens with two attached hydrogens (primary N) is 1. The van der Waals surface area contributed by atoms with E-state index in [-0.39, 0.29) is 33.9 Å². The van der Waals surface area contributed by atoms with Gasteiger partial charge in [-0.25, -0.2) is 4.79 Å². The van der Waals surface area contributed by atoms with Crippen LogP contribution in [0.5, 0.6) is 0 Å². The Hall–Kier alpha value is -0.523. The van der Waals surface area contributed by atoms with Crippen LogP contribution in [0.3, 0.4) is 0 Å². The average Bonchev–Trinajstić information content (AvgIpc) is 3.27. The van der Waals surface area contributed by atoms with Crippen molar-refractivity contribution in [3.05, 3.63) is 34.9 Å². The predicted molar refractivity (Wildman–Crippen MR) is 157 cm³/mol. The fourth-order valence-corrected chi connectivity index (χ4v) is 13.5. The molecule has 0 aromatic carbocycles. The highest BCUT2D eigenvalue weighted by molar-refractivity contribution is 8.68. The zero-order valence-corrected chi connectivity index (χ0v) is 26.6. The SMILES string of the molecule is C=C(C)[C@@H]1CC[C@]2(C)S[P@@](=S)(O[C@H]3C[C@H](n4ccc(N)nc4=O)O[C@@H]3CO[Si](C)(C)C(C)(C)C)O[C@H]2C1. The summed E-state index contributed by atoms with van der Waals surface area (Å²) in [6.07, 6.45) is 3.87. The van der Waals surface area contributed by atoms with Gasteiger partial charge in [0.2, 0.25) is 5.69 Å². The molecule has 208 valence electrons. The smallest absolute Gasteiger partial charge is 0.351 e. The maximum absolute atomic E-state index is 12.6. The summed E-state index contributed by atoms with van der Waals surface area (Å²) >= 11 is 7.78. The molecule has 8 nitrogen and oxygen atoms in total. The first-order valence-corrected chi connectivity index (χ1v) is 20.0. The Balaban J connectivity index is 1.54. The monoisotopic (exact) mass is 587 g/mol. The molecule has 2 aliphatic heterocycles. The largest absolute Gasteiger partial charge is 0.414 e. The van der Waals surface area contributed by atoms with Crippen LogP contribution in [0.4, 0.5) is 5.82 Å². The van der Waals surface area contributed by atoms with Crippen LogP contribution in [0.15, 0.2) is 29.2 Å². The quantitative estimate of drug-likeness (QED) is 0.234. The Morgan fingerprint density at radius 1 is 1.43 bits per heavy atom. The molecule has 1 aromatic heterocycles. The molecule has 0 bridgehead atoms. The second-order valence-corrected chi connectivity index (χ2v) is 23.8. The number of hydrogen-bond acceptors (Lipinski definition) is 9. The molecular weight excluding hydrogens is 545 g/mol. The van der Waals surface area contributed by atoms with Crippen LogP contribution in [0.25, 0.3) is 0 Å². The van der Waals surface area contributed by atoms with Crippen molar-refractivity contribution < 1.29 is 18.2 Å². The van der Waals surface area contributed by atoms with Gasteiger partial charge in [0.15, 0.2) is 8.32 Å². The van der Waals surface area contributed by atoms with E-state index < -0.39 is 25.9 Å². The summed E-state index contributed by atoms with van der Waals surface area (Å²) in [5, 5.41) is 0.0555. The lowest BCUT2D eigenvalue weighted by molar-refractivity contribution is -0.0399. The number of nitrogen functional groups attached to an aromatic ring is 1. The molecule has 0 unspecified atom stereocenters. The molecule has 37 heavy (non-hydrogen) atoms. The summed E-state index contributed by atoms with van der Waals surface area (Å²) in [5.41, 5.74) is 3.81. The lowest BCUT2D eigenvalue weighted by Gasteiger charge is -2.37. The minimum Gasteiger partial charge on any atom is -0.414 e. The van der Waals surface area contributed by atoms with Crippen molar-refractivity contribution in [3.63, 3.8) is 0 Å². The van der Waals surface area contributed by atoms with Gasteiger partial charge in [-0.2, -0.15) is 4.98 Å². The summed E-state index contributed by atoms with van der Waals surface area (Å²) in [6, 6.07) is 1.60. The Bertz CT molecular complexity index is 1140. The third kappa shape index (κ3) is 6.29. The van der Waals surface area contributed by atoms with Crippen molar-refractivity contribution in [1.82, 2.24) is 9.55 Å². The second-order valence-electron chi connectivity index (χ2n) is 12.4. The van der Waals surface area contributed by atoms with Gasteiger partial charge < -0.3 is 23.9 Å². The van der Waals surface area contributed by atoms with Gasteiger partial charge in [-0.3, -0.25) is 4.57 Å². The third-order valence-corrected chi connectivity index (χ3v) is 18.7. The first kappa shape index (κ1) is 29.5. The summed E-state index contributed by atoms with van der Waals surface area (Å²) in [4.78, 5) is 16.4. The number of ether oxygens (including phenoxy) is 1. The maximum Gasteiger partial charge on any atom is 0.351 e. The topological polar surface area (TPSA) is 97.8 Å². The van der Waals surface area contributed by atoms with E-state index in [1.165, 1.54) is 10.1 Å². The highest BCUT2D eigenvalue weighted by atomic mass is 32.9. The number of anilines is 1. The number of rotatable bonds is 7. The summed E-state index contributed by atoms with van der Waals surface area (Å²) < 4.78 is 27.6. The van der Waals surface area contributed by atoms with Crippen LogP contribution in [0, 0.1) is 5.92 Å². The highest BCUT2D eigenvalue weighted by Crippen LogP contribution is 2.76. The van der Waals surface area contributed by atoms with Gasteiger partial charge in [0.1, 0.15) is 18.1 Å². The van der Waals surface area contributed by atoms with Crippen LogP contribution >= 0.6 is 17.1 Å². The van der Waals surface area contributed by atoms with Gasteiger partial charge >= 0.3 is 5.69 Å². The molecule has 1 saturated carbocycles. The van der Waals surface area contributed by atoms with Crippen molar-refractivity contribution in [1.29, 1.82) is 0 Å². The summed E-state index contributed by atoms with van der Waals surface area (Å²) in [5.74, 6) is 0.634. The lowest BCUT2D eigenvalue weighted by atomic mass is 9.77. The zero-order chi connectivity index (χ0) is 27.4. The lowest BCUT2D eigenvalue weighted by Crippen LogP contribution is -2.44. The molecule has 1 aromatic rings. The Labute approximate surface area is 231 Å². The molecular formula is C25H42N3O5PS2Si. The standard InChI is InChI=1S/C25H42N3O5PS2Si/c1-16(2)17-9-11-25(6)20(13-17)33-34(35,36-25)32-18-14-22(28-12-10-21(26)27-23(28)29)31-19(18)15-30-37(7,8)24(3,4)5/h10,12,17-20,22H,1,9,11,13-15H2,2-8H3,(H2,26,27,29)/t17-,18+,19-,20+,22-,25+,34+/m1/s1. The van der Waals surface area contributed by atoms with E-state index in [1.807, 2.05) is 0 Å². The van der Waals surface area contributed by atoms with Gasteiger partial charge in [0.25, 0.3) is 0 Å². The van der Waals surface area contributed by atoms with Crippen molar-refractivity contribution in [3.8, 4) is 0 Å². The van der Waals surface area contributed by atoms with Crippen LogP contribution < -0.4 is 11.4 Å². The van der Waals surface area contributed by atoms with Crippen molar-refractivity contribution >= 4 is 43.0 Å². The number of nitrogens with zero attached hydrogens (tertiary/aromatic N) is 2.